The molecule has 1 unspecified atom stereocenters. The van der Waals surface area contributed by atoms with Crippen LogP contribution in [0.1, 0.15) is 74.5 Å². The van der Waals surface area contributed by atoms with Crippen molar-refractivity contribution in [2.24, 2.45) is 22.7 Å². The van der Waals surface area contributed by atoms with Gasteiger partial charge in [-0.1, -0.05) is 89.2 Å². The van der Waals surface area contributed by atoms with Crippen molar-refractivity contribution in [2.45, 2.75) is 72.0 Å². The van der Waals surface area contributed by atoms with Crippen LogP contribution in [0.4, 0.5) is 0 Å². The number of ketones is 4. The monoisotopic (exact) mass is 652 g/mol. The van der Waals surface area contributed by atoms with Crippen LogP contribution >= 0.6 is 0 Å². The molecule has 0 heterocycles. The molecular formula is C39H40O9. The van der Waals surface area contributed by atoms with Gasteiger partial charge in [-0.2, -0.15) is 0 Å². The molecule has 9 nitrogen and oxygen atoms in total. The smallest absolute Gasteiger partial charge is 0.209 e. The van der Waals surface area contributed by atoms with E-state index in [9.17, 15) is 44.7 Å². The van der Waals surface area contributed by atoms with E-state index in [1.54, 1.807) is 39.8 Å². The predicted molar refractivity (Wildman–Crippen MR) is 178 cm³/mol. The Morgan fingerprint density at radius 2 is 1.52 bits per heavy atom. The summed E-state index contributed by atoms with van der Waals surface area (Å²) in [6, 6.07) is 16.6. The number of aromatic hydroxyl groups is 1. The minimum absolute atomic E-state index is 0.0853. The molecule has 9 heteroatoms. The summed E-state index contributed by atoms with van der Waals surface area (Å²) in [6.07, 6.45) is -1.82. The normalized spacial score (nSPS) is 30.0. The average molecular weight is 653 g/mol. The van der Waals surface area contributed by atoms with Gasteiger partial charge in [0.2, 0.25) is 5.78 Å². The van der Waals surface area contributed by atoms with Crippen LogP contribution < -0.4 is 0 Å². The Morgan fingerprint density at radius 3 is 2.17 bits per heavy atom. The molecule has 3 aliphatic rings. The number of carbonyl (C=O) groups is 4. The molecule has 3 aromatic rings. The predicted octanol–water partition coefficient (Wildman–Crippen LogP) is 5.39. The molecule has 0 spiro atoms. The Hall–Kier alpha value is -4.60. The second kappa shape index (κ2) is 11.0. The number of hydrogen-bond donors (Lipinski definition) is 5. The Kier molecular flexibility index (Phi) is 7.61. The van der Waals surface area contributed by atoms with Gasteiger partial charge in [0, 0.05) is 35.2 Å². The molecule has 250 valence electrons. The first-order chi connectivity index (χ1) is 22.4. The average Bonchev–Trinajstić information content (AvgIpc) is 3.02. The van der Waals surface area contributed by atoms with Crippen molar-refractivity contribution in [3.05, 3.63) is 99.5 Å². The van der Waals surface area contributed by atoms with Gasteiger partial charge in [0.25, 0.3) is 0 Å². The van der Waals surface area contributed by atoms with Gasteiger partial charge in [0.15, 0.2) is 17.2 Å². The molecule has 0 aromatic heterocycles. The number of benzene rings is 3. The SMILES string of the molecule is CC(=O)C1=C(O)C(C(C)C)[C@@]2(C)[C@H](O)[C@]3(C)C(=C(O)[C@@]2(O)C1=O)C(=O)c1c(ccc(CC(=O)Cc2cccc4ccccc24)c1O)[C@H]3C. The summed E-state index contributed by atoms with van der Waals surface area (Å²) in [5.74, 6) is -7.84. The minimum atomic E-state index is -2.96. The zero-order chi connectivity index (χ0) is 35.2. The zero-order valence-corrected chi connectivity index (χ0v) is 27.8. The highest BCUT2D eigenvalue weighted by Crippen LogP contribution is 2.67. The summed E-state index contributed by atoms with van der Waals surface area (Å²) in [4.78, 5) is 54.4. The second-order valence-electron chi connectivity index (χ2n) is 14.4. The van der Waals surface area contributed by atoms with Crippen LogP contribution in [0.3, 0.4) is 0 Å². The number of rotatable bonds is 6. The molecule has 6 atom stereocenters. The minimum Gasteiger partial charge on any atom is -0.511 e. The van der Waals surface area contributed by atoms with E-state index in [2.05, 4.69) is 0 Å². The summed E-state index contributed by atoms with van der Waals surface area (Å²) < 4.78 is 0. The van der Waals surface area contributed by atoms with E-state index in [-0.39, 0.29) is 29.8 Å². The third-order valence-corrected chi connectivity index (χ3v) is 11.6. The van der Waals surface area contributed by atoms with Crippen molar-refractivity contribution >= 4 is 33.9 Å². The molecule has 0 fully saturated rings. The molecule has 0 aliphatic heterocycles. The van der Waals surface area contributed by atoms with Crippen molar-refractivity contribution in [2.75, 3.05) is 0 Å². The maximum atomic E-state index is 14.5. The number of aliphatic hydroxyl groups is 4. The Morgan fingerprint density at radius 1 is 0.896 bits per heavy atom. The molecular weight excluding hydrogens is 612 g/mol. The Bertz CT molecular complexity index is 2010. The number of Topliss-reactive ketones (excluding diaryl/α,β-unsaturated/α-hetero) is 4. The summed E-state index contributed by atoms with van der Waals surface area (Å²) in [6.45, 7) is 9.05. The maximum Gasteiger partial charge on any atom is 0.209 e. The van der Waals surface area contributed by atoms with Crippen LogP contribution in [-0.2, 0) is 27.2 Å². The first-order valence-electron chi connectivity index (χ1n) is 16.2. The highest BCUT2D eigenvalue weighted by molar-refractivity contribution is 6.25. The number of phenols is 1. The van der Waals surface area contributed by atoms with Gasteiger partial charge >= 0.3 is 0 Å². The van der Waals surface area contributed by atoms with Crippen LogP contribution in [-0.4, -0.2) is 60.4 Å². The van der Waals surface area contributed by atoms with E-state index in [4.69, 9.17) is 0 Å². The van der Waals surface area contributed by atoms with E-state index >= 15 is 0 Å². The number of phenolic OH excluding ortho intramolecular Hbond substituents is 1. The topological polar surface area (TPSA) is 169 Å². The van der Waals surface area contributed by atoms with Gasteiger partial charge < -0.3 is 25.5 Å². The van der Waals surface area contributed by atoms with Crippen molar-refractivity contribution in [3.63, 3.8) is 0 Å². The second-order valence-corrected chi connectivity index (χ2v) is 14.4. The van der Waals surface area contributed by atoms with E-state index < -0.39 is 86.1 Å². The van der Waals surface area contributed by atoms with Crippen LogP contribution in [0.15, 0.2) is 77.3 Å². The van der Waals surface area contributed by atoms with Crippen LogP contribution in [0.25, 0.3) is 10.8 Å². The van der Waals surface area contributed by atoms with Crippen molar-refractivity contribution in [3.8, 4) is 5.75 Å². The van der Waals surface area contributed by atoms with E-state index in [1.165, 1.54) is 6.92 Å². The lowest BCUT2D eigenvalue weighted by molar-refractivity contribution is -0.211. The van der Waals surface area contributed by atoms with E-state index in [0.717, 1.165) is 23.3 Å². The molecule has 0 saturated heterocycles. The van der Waals surface area contributed by atoms with Gasteiger partial charge in [0.1, 0.15) is 28.6 Å². The first kappa shape index (κ1) is 33.3. The van der Waals surface area contributed by atoms with Crippen molar-refractivity contribution in [1.29, 1.82) is 0 Å². The largest absolute Gasteiger partial charge is 0.511 e. The van der Waals surface area contributed by atoms with E-state index in [0.29, 0.717) is 5.56 Å². The van der Waals surface area contributed by atoms with Gasteiger partial charge in [-0.25, -0.2) is 0 Å². The Balaban J connectivity index is 1.48. The van der Waals surface area contributed by atoms with Gasteiger partial charge in [-0.05, 0) is 40.7 Å². The third-order valence-electron chi connectivity index (χ3n) is 11.6. The fraction of sp³-hybridized carbons (Fsp3) is 0.385. The molecule has 0 saturated carbocycles. The molecule has 0 bridgehead atoms. The summed E-state index contributed by atoms with van der Waals surface area (Å²) >= 11 is 0. The molecule has 6 rings (SSSR count). The first-order valence-corrected chi connectivity index (χ1v) is 16.2. The van der Waals surface area contributed by atoms with Gasteiger partial charge in [-0.15, -0.1) is 0 Å². The Labute approximate surface area is 278 Å². The molecule has 5 N–H and O–H groups in total. The van der Waals surface area contributed by atoms with Crippen LogP contribution in [0, 0.1) is 22.7 Å². The zero-order valence-electron chi connectivity index (χ0n) is 27.8. The third kappa shape index (κ3) is 4.10. The number of aliphatic hydroxyl groups excluding tert-OH is 3. The van der Waals surface area contributed by atoms with Crippen molar-refractivity contribution in [1.82, 2.24) is 0 Å². The number of hydrogen-bond acceptors (Lipinski definition) is 9. The number of carbonyl (C=O) groups excluding carboxylic acids is 4. The quantitative estimate of drug-likeness (QED) is 0.219. The fourth-order valence-corrected chi connectivity index (χ4v) is 9.06. The fourth-order valence-electron chi connectivity index (χ4n) is 9.06. The molecule has 0 radical (unpaired) electrons. The number of fused-ring (bicyclic) bond motifs is 4. The van der Waals surface area contributed by atoms with Crippen LogP contribution in [0.5, 0.6) is 5.75 Å². The molecule has 3 aliphatic carbocycles. The van der Waals surface area contributed by atoms with Gasteiger partial charge in [-0.3, -0.25) is 19.2 Å². The maximum absolute atomic E-state index is 14.5. The van der Waals surface area contributed by atoms with Crippen LogP contribution in [0.2, 0.25) is 0 Å². The molecule has 48 heavy (non-hydrogen) atoms. The molecule has 3 aromatic carbocycles. The summed E-state index contributed by atoms with van der Waals surface area (Å²) in [5, 5.41) is 61.3. The van der Waals surface area contributed by atoms with Gasteiger partial charge in [0.05, 0.1) is 17.2 Å². The lowest BCUT2D eigenvalue weighted by Gasteiger charge is -2.63. The highest BCUT2D eigenvalue weighted by Gasteiger charge is 2.76. The standard InChI is InChI=1S/C39H40O9/c1-18(2)29-32(43)27(20(4)40)34(45)39(48)35(46)30-33(44)28-25(19(3)37(30,5)36(47)38(29,39)6)15-14-23(31(28)42)17-24(41)16-22-12-9-11-21-10-7-8-13-26(21)22/h7-15,18-19,29,36,42-43,46-48H,16-17H2,1-6H3/t19-,29?,36-,37+,38+,39+/m1/s1. The lowest BCUT2D eigenvalue weighted by Crippen LogP contribution is -2.73. The summed E-state index contributed by atoms with van der Waals surface area (Å²) in [5.41, 5.74) is -6.58. The number of allylic oxidation sites excluding steroid dienone is 1. The summed E-state index contributed by atoms with van der Waals surface area (Å²) in [7, 11) is 0. The lowest BCUT2D eigenvalue weighted by atomic mass is 9.41. The molecule has 0 amide bonds. The van der Waals surface area contributed by atoms with E-state index in [1.807, 2.05) is 42.5 Å². The highest BCUT2D eigenvalue weighted by atomic mass is 16.4. The van der Waals surface area contributed by atoms with Crippen molar-refractivity contribution < 1.29 is 44.7 Å².